The number of ether oxygens (including phenoxy) is 3. The van der Waals surface area contributed by atoms with Gasteiger partial charge in [0.1, 0.15) is 47.3 Å². The van der Waals surface area contributed by atoms with Crippen molar-refractivity contribution in [1.29, 1.82) is 0 Å². The van der Waals surface area contributed by atoms with Crippen LogP contribution in [0.3, 0.4) is 0 Å². The van der Waals surface area contributed by atoms with E-state index in [4.69, 9.17) is 14.2 Å². The lowest BCUT2D eigenvalue weighted by molar-refractivity contribution is 0.0791. The number of benzene rings is 4. The molecule has 29 nitrogen and oxygen atoms in total. The van der Waals surface area contributed by atoms with Gasteiger partial charge in [-0.1, -0.05) is 6.92 Å². The predicted octanol–water partition coefficient (Wildman–Crippen LogP) is 13.6. The average molecular weight is 1610 g/mol. The number of aryl methyl sites for hydroxylation is 3. The van der Waals surface area contributed by atoms with Gasteiger partial charge >= 0.3 is 0 Å². The molecule has 4 aromatic carbocycles. The number of aromatic nitrogens is 11. The van der Waals surface area contributed by atoms with Crippen molar-refractivity contribution in [3.8, 4) is 34.9 Å². The number of nitrogens with one attached hydrogen (secondary N) is 7. The van der Waals surface area contributed by atoms with E-state index in [0.717, 1.165) is 120 Å². The van der Waals surface area contributed by atoms with Gasteiger partial charge in [0.15, 0.2) is 69.6 Å². The summed E-state index contributed by atoms with van der Waals surface area (Å²) in [6, 6.07) is 22.6. The summed E-state index contributed by atoms with van der Waals surface area (Å²) in [6.45, 7) is 26.2. The molecule has 3 amide bonds. The van der Waals surface area contributed by atoms with Crippen molar-refractivity contribution < 1.29 is 54.9 Å². The number of rotatable bonds is 22. The Labute approximate surface area is 670 Å². The maximum absolute atomic E-state index is 15.3. The summed E-state index contributed by atoms with van der Waals surface area (Å²) in [4.78, 5) is 98.5. The molecular formula is C82H91F6N23O6. The van der Waals surface area contributed by atoms with E-state index < -0.39 is 64.1 Å². The topological polar surface area (TPSA) is 303 Å². The van der Waals surface area contributed by atoms with Crippen molar-refractivity contribution in [2.75, 3.05) is 164 Å². The van der Waals surface area contributed by atoms with Gasteiger partial charge in [-0.2, -0.15) is 0 Å². The summed E-state index contributed by atoms with van der Waals surface area (Å²) in [7, 11) is 6.95. The summed E-state index contributed by atoms with van der Waals surface area (Å²) in [5.41, 5.74) is 5.66. The van der Waals surface area contributed by atoms with E-state index in [-0.39, 0.29) is 90.2 Å². The number of H-pyrrole nitrogens is 3. The molecular weight excluding hydrogens is 1520 g/mol. The molecule has 3 aliphatic rings. The van der Waals surface area contributed by atoms with Gasteiger partial charge in [-0.15, -0.1) is 0 Å². The van der Waals surface area contributed by atoms with E-state index in [0.29, 0.717) is 54.0 Å². The van der Waals surface area contributed by atoms with Crippen LogP contribution in [-0.2, 0) is 0 Å². The van der Waals surface area contributed by atoms with Crippen LogP contribution in [0.25, 0.3) is 32.7 Å². The third-order valence-electron chi connectivity index (χ3n) is 20.5. The molecule has 612 valence electrons. The molecule has 0 unspecified atom stereocenters. The number of nitrogens with zero attached hydrogens (tertiary/aromatic N) is 16. The molecule has 35 heteroatoms. The van der Waals surface area contributed by atoms with Crippen LogP contribution in [0.15, 0.2) is 116 Å². The lowest BCUT2D eigenvalue weighted by atomic mass is 10.2. The summed E-state index contributed by atoms with van der Waals surface area (Å²) in [6.07, 6.45) is 7.12. The SMILES string of the molecule is CCN(C)C(=O)c1c(Nc2ccc(N3CCN(C)CC3)cn2)ncnc1Oc1cc(F)c2[nH]c(C)cc2c1F.CCN(C)C(=O)c1c(Nc2ccc(N3CCNCC3)cc2)ncnc1Oc1cc(F)c2[nH]c(C)cc2c1F.CCN1CCN(c2ccc(Nc3ncnc(Oc4cc(F)c5[nH]c(C)cc5c4F)c3C(=O)N(C)CC)nc2)CC1. The molecule has 3 aliphatic heterocycles. The summed E-state index contributed by atoms with van der Waals surface area (Å²) < 4.78 is 107. The van der Waals surface area contributed by atoms with Crippen LogP contribution in [0, 0.1) is 55.7 Å². The highest BCUT2D eigenvalue weighted by Crippen LogP contribution is 2.40. The number of anilines is 9. The highest BCUT2D eigenvalue weighted by Gasteiger charge is 2.31. The van der Waals surface area contributed by atoms with Crippen LogP contribution in [-0.4, -0.2) is 230 Å². The fourth-order valence-corrected chi connectivity index (χ4v) is 13.5. The molecule has 0 radical (unpaired) electrons. The van der Waals surface area contributed by atoms with Crippen LogP contribution >= 0.6 is 0 Å². The molecule has 0 saturated carbocycles. The molecule has 3 saturated heterocycles. The quantitative estimate of drug-likeness (QED) is 0.0310. The second kappa shape index (κ2) is 36.3. The highest BCUT2D eigenvalue weighted by atomic mass is 19.1. The van der Waals surface area contributed by atoms with E-state index in [1.54, 1.807) is 66.4 Å². The molecule has 0 bridgehead atoms. The number of piperazine rings is 3. The monoisotopic (exact) mass is 1610 g/mol. The Kier molecular flexibility index (Phi) is 25.5. The molecule has 117 heavy (non-hydrogen) atoms. The van der Waals surface area contributed by atoms with Gasteiger partial charge in [0.05, 0.1) is 40.3 Å². The maximum Gasteiger partial charge on any atom is 0.262 e. The number of amides is 3. The molecule has 11 heterocycles. The van der Waals surface area contributed by atoms with Crippen LogP contribution in [0.4, 0.5) is 78.2 Å². The summed E-state index contributed by atoms with van der Waals surface area (Å²) in [5, 5.41) is 12.8. The van der Waals surface area contributed by atoms with E-state index in [2.05, 4.69) is 115 Å². The van der Waals surface area contributed by atoms with Gasteiger partial charge < -0.3 is 89.6 Å². The maximum atomic E-state index is 15.3. The van der Waals surface area contributed by atoms with Crippen molar-refractivity contribution in [2.45, 2.75) is 48.5 Å². The number of likely N-dealkylation sites (N-methyl/N-ethyl adjacent to an activating group) is 2. The number of halogens is 6. The number of hydrogen-bond donors (Lipinski definition) is 7. The standard InChI is InChI=1S/C28H32F2N8O2.C27H30F2N8O2.C27H29F2N7O2/c1-5-36(4)28(39)23-26(35-22-8-7-18(15-31-22)38-11-9-37(6-2)10-12-38)32-16-33-27(23)40-21-14-20(29)25-19(24(21)30)13-17(3)34-25;1-5-36(4)27(38)22-25(34-21-7-6-17(14-30-21)37-10-8-35(3)9-11-37)31-15-32-26(22)39-20-13-19(28)24-18(23(20)29)12-16(2)33-24;1-4-35(3)27(37)22-25(34-17-5-7-18(8-6-17)36-11-9-30-10-12-36)31-15-32-26(22)38-21-14-20(28)24-19(23(21)29)13-16(2)33-24/h7-8,13-16,34H,5-6,9-12H2,1-4H3,(H,31,32,33,35);6-7,12-15,33H,5,8-11H2,1-4H3,(H,30,31,32,34);5-8,13-15,30,33H,4,9-12H2,1-3H3,(H,31,32,34). The second-order valence-electron chi connectivity index (χ2n) is 28.4. The van der Waals surface area contributed by atoms with E-state index >= 15 is 13.2 Å². The summed E-state index contributed by atoms with van der Waals surface area (Å²) >= 11 is 0. The molecule has 0 aliphatic carbocycles. The number of pyridine rings is 2. The van der Waals surface area contributed by atoms with Crippen molar-refractivity contribution in [3.63, 3.8) is 0 Å². The lowest BCUT2D eigenvalue weighted by Gasteiger charge is -2.35. The molecule has 0 atom stereocenters. The van der Waals surface area contributed by atoms with Crippen LogP contribution in [0.1, 0.15) is 75.9 Å². The zero-order valence-electron chi connectivity index (χ0n) is 66.7. The number of aromatic amines is 3. The lowest BCUT2D eigenvalue weighted by Crippen LogP contribution is -2.46. The largest absolute Gasteiger partial charge is 0.435 e. The first-order valence-corrected chi connectivity index (χ1v) is 38.4. The normalized spacial score (nSPS) is 13.9. The van der Waals surface area contributed by atoms with Crippen molar-refractivity contribution >= 4 is 102 Å². The third kappa shape index (κ3) is 18.4. The van der Waals surface area contributed by atoms with Crippen molar-refractivity contribution in [2.24, 2.45) is 0 Å². The Balaban J connectivity index is 0.000000152. The Morgan fingerprint density at radius 2 is 0.769 bits per heavy atom. The van der Waals surface area contributed by atoms with Crippen molar-refractivity contribution in [3.05, 3.63) is 185 Å². The fourth-order valence-electron chi connectivity index (χ4n) is 13.5. The molecule has 0 spiro atoms. The van der Waals surface area contributed by atoms with Gasteiger partial charge in [0.25, 0.3) is 17.7 Å². The Morgan fingerprint density at radius 1 is 0.427 bits per heavy atom. The van der Waals surface area contributed by atoms with Crippen LogP contribution < -0.4 is 50.2 Å². The smallest absolute Gasteiger partial charge is 0.262 e. The number of carbonyl (C=O) groups excluding carboxylic acids is 3. The van der Waals surface area contributed by atoms with Crippen molar-refractivity contribution in [1.82, 2.24) is 84.6 Å². The van der Waals surface area contributed by atoms with Gasteiger partial charge in [-0.3, -0.25) is 14.4 Å². The van der Waals surface area contributed by atoms with Gasteiger partial charge in [0.2, 0.25) is 17.6 Å². The molecule has 8 aromatic heterocycles. The molecule has 7 N–H and O–H groups in total. The fraction of sp³-hybridized carbons (Fsp3) is 0.329. The first-order valence-electron chi connectivity index (χ1n) is 38.4. The van der Waals surface area contributed by atoms with E-state index in [1.807, 2.05) is 57.2 Å². The highest BCUT2D eigenvalue weighted by molar-refractivity contribution is 6.03. The minimum atomic E-state index is -0.771. The zero-order chi connectivity index (χ0) is 82.9. The Morgan fingerprint density at radius 3 is 1.11 bits per heavy atom. The summed E-state index contributed by atoms with van der Waals surface area (Å²) in [5.74, 6) is -6.12. The van der Waals surface area contributed by atoms with Gasteiger partial charge in [-0.05, 0) is 122 Å². The number of hydrogen-bond acceptors (Lipinski definition) is 23. The number of fused-ring (bicyclic) bond motifs is 3. The molecule has 3 fully saturated rings. The zero-order valence-corrected chi connectivity index (χ0v) is 66.7. The molecule has 12 aromatic rings. The predicted molar refractivity (Wildman–Crippen MR) is 437 cm³/mol. The van der Waals surface area contributed by atoms with Crippen LogP contribution in [0.5, 0.6) is 34.9 Å². The first kappa shape index (κ1) is 82.1. The Hall–Kier alpha value is -12.9. The number of carbonyl (C=O) groups is 3. The van der Waals surface area contributed by atoms with Crippen LogP contribution in [0.2, 0.25) is 0 Å². The van der Waals surface area contributed by atoms with Gasteiger partial charge in [0, 0.05) is 182 Å². The Bertz CT molecular complexity index is 5560. The average Bonchev–Trinajstić information content (AvgIpc) is 1.64. The van der Waals surface area contributed by atoms with Gasteiger partial charge in [-0.25, -0.2) is 66.2 Å². The molecule has 15 rings (SSSR count). The third-order valence-corrected chi connectivity index (χ3v) is 20.5. The first-order chi connectivity index (χ1) is 56.4. The van der Waals surface area contributed by atoms with E-state index in [9.17, 15) is 27.6 Å². The second-order valence-corrected chi connectivity index (χ2v) is 28.4. The minimum absolute atomic E-state index is 0.00758. The van der Waals surface area contributed by atoms with E-state index in [1.165, 1.54) is 51.9 Å². The minimum Gasteiger partial charge on any atom is -0.435 e.